The minimum Gasteiger partial charge on any atom is -0.382 e. The smallest absolute Gasteiger partial charge is 0.200 e. The van der Waals surface area contributed by atoms with Crippen molar-refractivity contribution in [3.63, 3.8) is 0 Å². The Balaban J connectivity index is 2.52. The van der Waals surface area contributed by atoms with Gasteiger partial charge in [-0.25, -0.2) is 22.0 Å². The molecule has 0 heterocycles. The maximum Gasteiger partial charge on any atom is 0.200 e. The summed E-state index contributed by atoms with van der Waals surface area (Å²) in [4.78, 5) is 0. The number of halogens is 5. The summed E-state index contributed by atoms with van der Waals surface area (Å²) in [5, 5.41) is 0. The van der Waals surface area contributed by atoms with E-state index in [1.807, 2.05) is 0 Å². The fourth-order valence-corrected chi connectivity index (χ4v) is 1.31. The molecule has 0 aliphatic carbocycles. The highest BCUT2D eigenvalue weighted by Gasteiger charge is 2.25. The predicted octanol–water partition coefficient (Wildman–Crippen LogP) is 2.56. The quantitative estimate of drug-likeness (QED) is 0.320. The van der Waals surface area contributed by atoms with Gasteiger partial charge >= 0.3 is 0 Å². The molecule has 0 fully saturated rings. The molecule has 0 radical (unpaired) electrons. The zero-order chi connectivity index (χ0) is 15.1. The Morgan fingerprint density at radius 1 is 0.650 bits per heavy atom. The largest absolute Gasteiger partial charge is 0.382 e. The highest BCUT2D eigenvalue weighted by Crippen LogP contribution is 2.23. The second-order valence-corrected chi connectivity index (χ2v) is 3.71. The third-order valence-corrected chi connectivity index (χ3v) is 2.35. The highest BCUT2D eigenvalue weighted by atomic mass is 19.2. The molecule has 0 atom stereocenters. The molecule has 0 unspecified atom stereocenters. The van der Waals surface area contributed by atoms with Crippen molar-refractivity contribution < 1.29 is 36.2 Å². The number of hydrogen-bond donors (Lipinski definition) is 0. The normalized spacial score (nSPS) is 11.1. The summed E-state index contributed by atoms with van der Waals surface area (Å²) in [7, 11) is 1.49. The molecule has 0 aliphatic rings. The number of rotatable bonds is 8. The van der Waals surface area contributed by atoms with E-state index in [1.54, 1.807) is 0 Å². The average Bonchev–Trinajstić information content (AvgIpc) is 2.45. The van der Waals surface area contributed by atoms with Crippen LogP contribution in [-0.2, 0) is 20.8 Å². The first-order chi connectivity index (χ1) is 9.50. The van der Waals surface area contributed by atoms with Gasteiger partial charge in [0.25, 0.3) is 0 Å². The SMILES string of the molecule is COCCOCCOCc1c(F)c(F)c(F)c(F)c1F. The molecule has 0 saturated carbocycles. The lowest BCUT2D eigenvalue weighted by molar-refractivity contribution is 0.0184. The van der Waals surface area contributed by atoms with Crippen LogP contribution in [0.4, 0.5) is 22.0 Å². The Labute approximate surface area is 112 Å². The molecule has 3 nitrogen and oxygen atoms in total. The summed E-state index contributed by atoms with van der Waals surface area (Å²) in [6.45, 7) is 0.00141. The molecular formula is C12H13F5O3. The predicted molar refractivity (Wildman–Crippen MR) is 58.6 cm³/mol. The Hall–Kier alpha value is -1.25. The summed E-state index contributed by atoms with van der Waals surface area (Å²) in [5.74, 6) is -9.94. The molecule has 0 aliphatic heterocycles. The molecule has 0 N–H and O–H groups in total. The van der Waals surface area contributed by atoms with Crippen LogP contribution in [0.3, 0.4) is 0 Å². The van der Waals surface area contributed by atoms with Gasteiger partial charge in [0.15, 0.2) is 23.3 Å². The van der Waals surface area contributed by atoms with Gasteiger partial charge in [-0.05, 0) is 0 Å². The van der Waals surface area contributed by atoms with Crippen LogP contribution in [0.15, 0.2) is 0 Å². The molecule has 0 aromatic heterocycles. The lowest BCUT2D eigenvalue weighted by Gasteiger charge is -2.09. The standard InChI is InChI=1S/C12H13F5O3/c1-18-2-3-19-4-5-20-6-7-8(13)10(15)12(17)11(16)9(7)14/h2-6H2,1H3. The van der Waals surface area contributed by atoms with E-state index in [-0.39, 0.29) is 13.2 Å². The lowest BCUT2D eigenvalue weighted by Crippen LogP contribution is -2.11. The van der Waals surface area contributed by atoms with E-state index < -0.39 is 41.3 Å². The zero-order valence-corrected chi connectivity index (χ0v) is 10.7. The highest BCUT2D eigenvalue weighted by molar-refractivity contribution is 5.23. The van der Waals surface area contributed by atoms with E-state index in [2.05, 4.69) is 0 Å². The van der Waals surface area contributed by atoms with E-state index in [9.17, 15) is 22.0 Å². The lowest BCUT2D eigenvalue weighted by atomic mass is 10.2. The fraction of sp³-hybridized carbons (Fsp3) is 0.500. The molecular weight excluding hydrogens is 287 g/mol. The van der Waals surface area contributed by atoms with Gasteiger partial charge in [-0.3, -0.25) is 0 Å². The summed E-state index contributed by atoms with van der Waals surface area (Å²) in [5.41, 5.74) is -1.00. The van der Waals surface area contributed by atoms with Gasteiger partial charge in [0.1, 0.15) is 0 Å². The van der Waals surface area contributed by atoms with Gasteiger partial charge in [0.2, 0.25) is 5.82 Å². The van der Waals surface area contributed by atoms with Gasteiger partial charge in [-0.2, -0.15) is 0 Å². The van der Waals surface area contributed by atoms with Crippen molar-refractivity contribution in [3.8, 4) is 0 Å². The second-order valence-electron chi connectivity index (χ2n) is 3.71. The first-order valence-electron chi connectivity index (χ1n) is 5.65. The van der Waals surface area contributed by atoms with Gasteiger partial charge in [-0.1, -0.05) is 0 Å². The minimum atomic E-state index is -2.19. The number of methoxy groups -OCH3 is 1. The topological polar surface area (TPSA) is 27.7 Å². The molecule has 1 aromatic carbocycles. The first kappa shape index (κ1) is 16.8. The average molecular weight is 300 g/mol. The van der Waals surface area contributed by atoms with Gasteiger partial charge in [0, 0.05) is 7.11 Å². The van der Waals surface area contributed by atoms with Crippen LogP contribution >= 0.6 is 0 Å². The third-order valence-electron chi connectivity index (χ3n) is 2.35. The molecule has 1 aromatic rings. The maximum absolute atomic E-state index is 13.2. The van der Waals surface area contributed by atoms with Crippen molar-refractivity contribution >= 4 is 0 Å². The molecule has 114 valence electrons. The Bertz CT molecular complexity index is 424. The molecule has 8 heteroatoms. The van der Waals surface area contributed by atoms with Crippen LogP contribution in [-0.4, -0.2) is 33.5 Å². The van der Waals surface area contributed by atoms with E-state index in [1.165, 1.54) is 7.11 Å². The Morgan fingerprint density at radius 2 is 1.10 bits per heavy atom. The number of hydrogen-bond acceptors (Lipinski definition) is 3. The molecule has 0 amide bonds. The summed E-state index contributed by atoms with van der Waals surface area (Å²) in [6, 6.07) is 0. The van der Waals surface area contributed by atoms with Crippen molar-refractivity contribution in [1.82, 2.24) is 0 Å². The van der Waals surface area contributed by atoms with Crippen LogP contribution in [0, 0.1) is 29.1 Å². The van der Waals surface area contributed by atoms with Crippen LogP contribution in [0.1, 0.15) is 5.56 Å². The van der Waals surface area contributed by atoms with Crippen LogP contribution in [0.2, 0.25) is 0 Å². The van der Waals surface area contributed by atoms with Gasteiger partial charge in [-0.15, -0.1) is 0 Å². The number of benzene rings is 1. The molecule has 20 heavy (non-hydrogen) atoms. The Kier molecular flexibility index (Phi) is 6.83. The van der Waals surface area contributed by atoms with E-state index >= 15 is 0 Å². The fourth-order valence-electron chi connectivity index (χ4n) is 1.31. The first-order valence-corrected chi connectivity index (χ1v) is 5.65. The summed E-state index contributed by atoms with van der Waals surface area (Å²) in [6.07, 6.45) is 0. The van der Waals surface area contributed by atoms with Crippen molar-refractivity contribution in [3.05, 3.63) is 34.6 Å². The van der Waals surface area contributed by atoms with Crippen molar-refractivity contribution in [2.75, 3.05) is 33.5 Å². The number of ether oxygens (including phenoxy) is 3. The monoisotopic (exact) mass is 300 g/mol. The Morgan fingerprint density at radius 3 is 1.65 bits per heavy atom. The second kappa shape index (κ2) is 8.13. The minimum absolute atomic E-state index is 0.0524. The van der Waals surface area contributed by atoms with Gasteiger partial charge in [0.05, 0.1) is 38.6 Å². The van der Waals surface area contributed by atoms with Crippen LogP contribution < -0.4 is 0 Å². The summed E-state index contributed by atoms with van der Waals surface area (Å²) < 4.78 is 79.4. The van der Waals surface area contributed by atoms with E-state index in [0.29, 0.717) is 13.2 Å². The molecule has 0 saturated heterocycles. The van der Waals surface area contributed by atoms with E-state index in [0.717, 1.165) is 0 Å². The van der Waals surface area contributed by atoms with E-state index in [4.69, 9.17) is 14.2 Å². The molecule has 0 spiro atoms. The van der Waals surface area contributed by atoms with Crippen molar-refractivity contribution in [1.29, 1.82) is 0 Å². The third kappa shape index (κ3) is 4.12. The van der Waals surface area contributed by atoms with Crippen molar-refractivity contribution in [2.24, 2.45) is 0 Å². The van der Waals surface area contributed by atoms with Crippen LogP contribution in [0.5, 0.6) is 0 Å². The van der Waals surface area contributed by atoms with Gasteiger partial charge < -0.3 is 14.2 Å². The van der Waals surface area contributed by atoms with Crippen LogP contribution in [0.25, 0.3) is 0 Å². The molecule has 0 bridgehead atoms. The maximum atomic E-state index is 13.2. The zero-order valence-electron chi connectivity index (χ0n) is 10.7. The van der Waals surface area contributed by atoms with Crippen molar-refractivity contribution in [2.45, 2.75) is 6.61 Å². The molecule has 1 rings (SSSR count). The summed E-state index contributed by atoms with van der Waals surface area (Å²) >= 11 is 0.